The molecule has 134 valence electrons. The van der Waals surface area contributed by atoms with E-state index in [0.717, 1.165) is 6.42 Å². The van der Waals surface area contributed by atoms with Crippen molar-refractivity contribution in [2.75, 3.05) is 0 Å². The summed E-state index contributed by atoms with van der Waals surface area (Å²) in [4.78, 5) is 0. The summed E-state index contributed by atoms with van der Waals surface area (Å²) >= 11 is 0. The van der Waals surface area contributed by atoms with Crippen LogP contribution in [0.3, 0.4) is 0 Å². The lowest BCUT2D eigenvalue weighted by Gasteiger charge is -2.11. The molecule has 0 heterocycles. The molecule has 1 aromatic carbocycles. The van der Waals surface area contributed by atoms with Gasteiger partial charge in [-0.25, -0.2) is 0 Å². The van der Waals surface area contributed by atoms with Crippen LogP contribution in [0.4, 0.5) is 0 Å². The maximum Gasteiger partial charge on any atom is -0.0196 e. The van der Waals surface area contributed by atoms with Gasteiger partial charge in [0.15, 0.2) is 0 Å². The summed E-state index contributed by atoms with van der Waals surface area (Å²) in [5.41, 5.74) is 2.76. The van der Waals surface area contributed by atoms with Crippen LogP contribution in [-0.2, 0) is 0 Å². The van der Waals surface area contributed by atoms with Gasteiger partial charge in [-0.1, -0.05) is 112 Å². The van der Waals surface area contributed by atoms with Crippen LogP contribution < -0.4 is 0 Å². The summed E-state index contributed by atoms with van der Waals surface area (Å²) in [6.45, 7) is 6.74. The molecule has 0 saturated heterocycles. The zero-order valence-corrected chi connectivity index (χ0v) is 16.3. The maximum absolute atomic E-state index is 2.47. The van der Waals surface area contributed by atoms with Crippen molar-refractivity contribution in [2.45, 2.75) is 85.0 Å². The highest BCUT2D eigenvalue weighted by atomic mass is 14.1. The molecule has 1 rings (SSSR count). The molecule has 0 N–H and O–H groups in total. The molecule has 0 aliphatic heterocycles. The molecule has 0 radical (unpaired) electrons. The van der Waals surface area contributed by atoms with Crippen LogP contribution in [-0.4, -0.2) is 0 Å². The summed E-state index contributed by atoms with van der Waals surface area (Å²) in [5.74, 6) is 0.704. The standard InChI is InChI=1S/C24H38/c1-4-5-6-7-8-9-10-12-18-24(21-22(2)3)20-15-19-23-16-13-11-14-17-23/h11,13-17,19,21,24H,4-10,12,18,20H2,1-3H3/b19-15+. The number of benzene rings is 1. The second-order valence-corrected chi connectivity index (χ2v) is 7.32. The average Bonchev–Trinajstić information content (AvgIpc) is 2.57. The van der Waals surface area contributed by atoms with Crippen LogP contribution in [0.2, 0.25) is 0 Å². The van der Waals surface area contributed by atoms with E-state index in [0.29, 0.717) is 5.92 Å². The summed E-state index contributed by atoms with van der Waals surface area (Å²) in [6.07, 6.45) is 20.8. The van der Waals surface area contributed by atoms with Gasteiger partial charge in [0.2, 0.25) is 0 Å². The van der Waals surface area contributed by atoms with Crippen LogP contribution >= 0.6 is 0 Å². The zero-order valence-electron chi connectivity index (χ0n) is 16.3. The lowest BCUT2D eigenvalue weighted by atomic mass is 9.94. The van der Waals surface area contributed by atoms with Gasteiger partial charge >= 0.3 is 0 Å². The molecule has 0 saturated carbocycles. The number of hydrogen-bond acceptors (Lipinski definition) is 0. The molecule has 0 heteroatoms. The Hall–Kier alpha value is -1.30. The lowest BCUT2D eigenvalue weighted by Crippen LogP contribution is -1.96. The van der Waals surface area contributed by atoms with E-state index >= 15 is 0 Å². The summed E-state index contributed by atoms with van der Waals surface area (Å²) in [5, 5.41) is 0. The fourth-order valence-electron chi connectivity index (χ4n) is 3.22. The third-order valence-corrected chi connectivity index (χ3v) is 4.55. The fraction of sp³-hybridized carbons (Fsp3) is 0.583. The van der Waals surface area contributed by atoms with Gasteiger partial charge in [0.1, 0.15) is 0 Å². The Balaban J connectivity index is 2.25. The Morgan fingerprint density at radius 3 is 2.12 bits per heavy atom. The Morgan fingerprint density at radius 2 is 1.50 bits per heavy atom. The van der Waals surface area contributed by atoms with Gasteiger partial charge in [0.25, 0.3) is 0 Å². The van der Waals surface area contributed by atoms with E-state index in [9.17, 15) is 0 Å². The van der Waals surface area contributed by atoms with Crippen molar-refractivity contribution < 1.29 is 0 Å². The van der Waals surface area contributed by atoms with Gasteiger partial charge < -0.3 is 0 Å². The van der Waals surface area contributed by atoms with Crippen LogP contribution in [0.1, 0.15) is 90.5 Å². The van der Waals surface area contributed by atoms with Crippen molar-refractivity contribution in [2.24, 2.45) is 5.92 Å². The number of hydrogen-bond donors (Lipinski definition) is 0. The molecule has 0 amide bonds. The van der Waals surface area contributed by atoms with Crippen LogP contribution in [0.15, 0.2) is 48.1 Å². The van der Waals surface area contributed by atoms with Crippen molar-refractivity contribution in [3.63, 3.8) is 0 Å². The Kier molecular flexibility index (Phi) is 12.2. The first-order chi connectivity index (χ1) is 11.7. The van der Waals surface area contributed by atoms with Crippen molar-refractivity contribution in [3.05, 3.63) is 53.6 Å². The molecule has 0 spiro atoms. The smallest absolute Gasteiger partial charge is 0.0196 e. The first kappa shape index (κ1) is 20.7. The predicted molar refractivity (Wildman–Crippen MR) is 110 cm³/mol. The Bertz CT molecular complexity index is 448. The minimum absolute atomic E-state index is 0.704. The zero-order chi connectivity index (χ0) is 17.5. The van der Waals surface area contributed by atoms with Gasteiger partial charge in [-0.15, -0.1) is 0 Å². The molecule has 1 unspecified atom stereocenters. The molecule has 1 aromatic rings. The highest BCUT2D eigenvalue weighted by Gasteiger charge is 2.03. The molecule has 0 fully saturated rings. The topological polar surface area (TPSA) is 0 Å². The molecular formula is C24H38. The second-order valence-electron chi connectivity index (χ2n) is 7.32. The highest BCUT2D eigenvalue weighted by Crippen LogP contribution is 2.19. The van der Waals surface area contributed by atoms with Crippen molar-refractivity contribution in [1.29, 1.82) is 0 Å². The van der Waals surface area contributed by atoms with E-state index in [1.165, 1.54) is 68.9 Å². The minimum atomic E-state index is 0.704. The minimum Gasteiger partial charge on any atom is -0.0834 e. The van der Waals surface area contributed by atoms with Crippen molar-refractivity contribution in [1.82, 2.24) is 0 Å². The lowest BCUT2D eigenvalue weighted by molar-refractivity contribution is 0.514. The van der Waals surface area contributed by atoms with Gasteiger partial charge in [-0.05, 0) is 38.2 Å². The SMILES string of the molecule is CCCCCCCCCCC(C=C(C)C)C/C=C/c1ccccc1. The maximum atomic E-state index is 2.47. The summed E-state index contributed by atoms with van der Waals surface area (Å²) in [7, 11) is 0. The Labute approximate surface area is 151 Å². The first-order valence-corrected chi connectivity index (χ1v) is 10.1. The van der Waals surface area contributed by atoms with E-state index in [2.05, 4.69) is 69.3 Å². The predicted octanol–water partition coefficient (Wildman–Crippen LogP) is 8.20. The van der Waals surface area contributed by atoms with E-state index < -0.39 is 0 Å². The van der Waals surface area contributed by atoms with E-state index in [1.54, 1.807) is 0 Å². The molecular weight excluding hydrogens is 288 g/mol. The van der Waals surface area contributed by atoms with Crippen molar-refractivity contribution >= 4 is 6.08 Å². The van der Waals surface area contributed by atoms with E-state index in [-0.39, 0.29) is 0 Å². The number of allylic oxidation sites excluding steroid dienone is 3. The van der Waals surface area contributed by atoms with Gasteiger partial charge in [-0.3, -0.25) is 0 Å². The number of rotatable bonds is 13. The van der Waals surface area contributed by atoms with Gasteiger partial charge in [-0.2, -0.15) is 0 Å². The molecule has 0 aliphatic carbocycles. The molecule has 1 atom stereocenters. The quantitative estimate of drug-likeness (QED) is 0.253. The highest BCUT2D eigenvalue weighted by molar-refractivity contribution is 5.48. The fourth-order valence-corrected chi connectivity index (χ4v) is 3.22. The third-order valence-electron chi connectivity index (χ3n) is 4.55. The first-order valence-electron chi connectivity index (χ1n) is 10.1. The monoisotopic (exact) mass is 326 g/mol. The van der Waals surface area contributed by atoms with Crippen molar-refractivity contribution in [3.8, 4) is 0 Å². The Morgan fingerprint density at radius 1 is 0.875 bits per heavy atom. The number of unbranched alkanes of at least 4 members (excludes halogenated alkanes) is 7. The molecule has 0 aromatic heterocycles. The van der Waals surface area contributed by atoms with Gasteiger partial charge in [0.05, 0.1) is 0 Å². The summed E-state index contributed by atoms with van der Waals surface area (Å²) in [6, 6.07) is 10.6. The largest absolute Gasteiger partial charge is 0.0834 e. The summed E-state index contributed by atoms with van der Waals surface area (Å²) < 4.78 is 0. The van der Waals surface area contributed by atoms with E-state index in [4.69, 9.17) is 0 Å². The van der Waals surface area contributed by atoms with Crippen LogP contribution in [0.5, 0.6) is 0 Å². The van der Waals surface area contributed by atoms with Crippen LogP contribution in [0.25, 0.3) is 6.08 Å². The third kappa shape index (κ3) is 11.3. The average molecular weight is 327 g/mol. The molecule has 24 heavy (non-hydrogen) atoms. The van der Waals surface area contributed by atoms with E-state index in [1.807, 2.05) is 0 Å². The molecule has 0 aliphatic rings. The molecule has 0 bridgehead atoms. The second kappa shape index (κ2) is 14.1. The van der Waals surface area contributed by atoms with Crippen LogP contribution in [0, 0.1) is 5.92 Å². The van der Waals surface area contributed by atoms with Gasteiger partial charge in [0, 0.05) is 0 Å². The normalized spacial score (nSPS) is 12.5. The molecule has 0 nitrogen and oxygen atoms in total.